The Morgan fingerprint density at radius 1 is 1.29 bits per heavy atom. The van der Waals surface area contributed by atoms with Crippen molar-refractivity contribution in [2.24, 2.45) is 5.14 Å². The summed E-state index contributed by atoms with van der Waals surface area (Å²) in [5, 5.41) is 13.9. The molecule has 10 heteroatoms. The van der Waals surface area contributed by atoms with Crippen molar-refractivity contribution < 1.29 is 26.7 Å². The smallest absolute Gasteiger partial charge is 0.321 e. The van der Waals surface area contributed by atoms with Crippen LogP contribution in [0.15, 0.2) is 34.1 Å². The molecule has 1 aromatic rings. The van der Waals surface area contributed by atoms with E-state index in [-0.39, 0.29) is 16.2 Å². The van der Waals surface area contributed by atoms with Gasteiger partial charge in [-0.1, -0.05) is 19.4 Å². The SMILES string of the molecule is CCC[C@H](NS(=O)(=O)c1cccc(S(N)(=O)=O)c1)C(=O)O. The minimum Gasteiger partial charge on any atom is -0.480 e. The molecule has 21 heavy (non-hydrogen) atoms. The molecule has 0 unspecified atom stereocenters. The Balaban J connectivity index is 3.16. The summed E-state index contributed by atoms with van der Waals surface area (Å²) in [6.07, 6.45) is 0.583. The summed E-state index contributed by atoms with van der Waals surface area (Å²) in [5.74, 6) is -1.30. The predicted octanol–water partition coefficient (Wildman–Crippen LogP) is -0.134. The number of nitrogens with one attached hydrogen (secondary N) is 1. The molecule has 0 fully saturated rings. The maximum Gasteiger partial charge on any atom is 0.321 e. The van der Waals surface area contributed by atoms with Crippen molar-refractivity contribution in [3.05, 3.63) is 24.3 Å². The lowest BCUT2D eigenvalue weighted by Crippen LogP contribution is -2.40. The van der Waals surface area contributed by atoms with Gasteiger partial charge in [0.2, 0.25) is 20.0 Å². The standard InChI is InChI=1S/C11H16N2O6S2/c1-2-4-10(11(14)15)13-21(18,19)9-6-3-5-8(7-9)20(12,16)17/h3,5-7,10,13H,2,4H2,1H3,(H,14,15)(H2,12,16,17)/t10-/m0/s1. The van der Waals surface area contributed by atoms with E-state index in [0.717, 1.165) is 18.2 Å². The monoisotopic (exact) mass is 336 g/mol. The molecule has 0 amide bonds. The zero-order chi connectivity index (χ0) is 16.3. The number of hydrogen-bond donors (Lipinski definition) is 3. The summed E-state index contributed by atoms with van der Waals surface area (Å²) in [7, 11) is -8.21. The molecule has 1 atom stereocenters. The Bertz CT molecular complexity index is 727. The molecule has 0 heterocycles. The van der Waals surface area contributed by atoms with Gasteiger partial charge in [-0.05, 0) is 24.6 Å². The summed E-state index contributed by atoms with van der Waals surface area (Å²) in [4.78, 5) is 10.2. The normalized spacial score (nSPS) is 13.8. The molecule has 0 aromatic heterocycles. The molecular formula is C11H16N2O6S2. The van der Waals surface area contributed by atoms with Crippen molar-refractivity contribution in [2.75, 3.05) is 0 Å². The van der Waals surface area contributed by atoms with Crippen LogP contribution in [0.2, 0.25) is 0 Å². The highest BCUT2D eigenvalue weighted by atomic mass is 32.2. The largest absolute Gasteiger partial charge is 0.480 e. The van der Waals surface area contributed by atoms with E-state index >= 15 is 0 Å². The van der Waals surface area contributed by atoms with Crippen LogP contribution in [-0.4, -0.2) is 34.0 Å². The highest BCUT2D eigenvalue weighted by Crippen LogP contribution is 2.15. The van der Waals surface area contributed by atoms with Gasteiger partial charge in [0.15, 0.2) is 0 Å². The minimum atomic E-state index is -4.16. The Labute approximate surface area is 123 Å². The van der Waals surface area contributed by atoms with E-state index in [9.17, 15) is 21.6 Å². The van der Waals surface area contributed by atoms with Crippen LogP contribution in [0.1, 0.15) is 19.8 Å². The predicted molar refractivity (Wildman–Crippen MR) is 74.5 cm³/mol. The van der Waals surface area contributed by atoms with Crippen LogP contribution < -0.4 is 9.86 Å². The van der Waals surface area contributed by atoms with Gasteiger partial charge in [0.25, 0.3) is 0 Å². The van der Waals surface area contributed by atoms with Gasteiger partial charge in [0.1, 0.15) is 6.04 Å². The third-order valence-corrected chi connectivity index (χ3v) is 5.00. The van der Waals surface area contributed by atoms with E-state index in [4.69, 9.17) is 10.2 Å². The fourth-order valence-electron chi connectivity index (χ4n) is 1.60. The number of nitrogens with two attached hydrogens (primary N) is 1. The molecule has 0 saturated heterocycles. The molecule has 8 nitrogen and oxygen atoms in total. The molecule has 0 saturated carbocycles. The van der Waals surface area contributed by atoms with Gasteiger partial charge in [-0.15, -0.1) is 0 Å². The van der Waals surface area contributed by atoms with Crippen LogP contribution in [0, 0.1) is 0 Å². The molecule has 0 aliphatic carbocycles. The summed E-state index contributed by atoms with van der Waals surface area (Å²) in [6, 6.07) is 3.11. The fourth-order valence-corrected chi connectivity index (χ4v) is 3.50. The van der Waals surface area contributed by atoms with Gasteiger partial charge in [-0.25, -0.2) is 22.0 Å². The number of carboxylic acid groups (broad SMARTS) is 1. The number of rotatable bonds is 7. The van der Waals surface area contributed by atoms with E-state index in [0.29, 0.717) is 6.42 Å². The quantitative estimate of drug-likeness (QED) is 0.632. The van der Waals surface area contributed by atoms with Crippen molar-refractivity contribution in [3.63, 3.8) is 0 Å². The second-order valence-electron chi connectivity index (χ2n) is 4.32. The third kappa shape index (κ3) is 4.77. The van der Waals surface area contributed by atoms with Crippen molar-refractivity contribution in [1.82, 2.24) is 4.72 Å². The van der Waals surface area contributed by atoms with Crippen molar-refractivity contribution >= 4 is 26.0 Å². The molecule has 0 aliphatic heterocycles. The van der Waals surface area contributed by atoms with Gasteiger partial charge >= 0.3 is 5.97 Å². The molecule has 4 N–H and O–H groups in total. The van der Waals surface area contributed by atoms with Crippen LogP contribution in [0.5, 0.6) is 0 Å². The maximum atomic E-state index is 12.1. The first kappa shape index (κ1) is 17.6. The van der Waals surface area contributed by atoms with Crippen LogP contribution >= 0.6 is 0 Å². The van der Waals surface area contributed by atoms with Crippen LogP contribution in [0.25, 0.3) is 0 Å². The Hall–Kier alpha value is -1.49. The van der Waals surface area contributed by atoms with E-state index in [1.165, 1.54) is 6.07 Å². The third-order valence-electron chi connectivity index (χ3n) is 2.62. The number of hydrogen-bond acceptors (Lipinski definition) is 5. The van der Waals surface area contributed by atoms with E-state index in [2.05, 4.69) is 0 Å². The van der Waals surface area contributed by atoms with Gasteiger partial charge in [-0.2, -0.15) is 4.72 Å². The summed E-state index contributed by atoms with van der Waals surface area (Å²) >= 11 is 0. The fraction of sp³-hybridized carbons (Fsp3) is 0.364. The van der Waals surface area contributed by atoms with Gasteiger partial charge in [0.05, 0.1) is 9.79 Å². The van der Waals surface area contributed by atoms with Crippen LogP contribution in [-0.2, 0) is 24.8 Å². The van der Waals surface area contributed by atoms with E-state index < -0.39 is 32.1 Å². The molecule has 0 radical (unpaired) electrons. The molecule has 0 aliphatic rings. The Morgan fingerprint density at radius 2 is 1.86 bits per heavy atom. The Kier molecular flexibility index (Phi) is 5.45. The van der Waals surface area contributed by atoms with E-state index in [1.54, 1.807) is 6.92 Å². The number of benzene rings is 1. The zero-order valence-corrected chi connectivity index (χ0v) is 12.8. The number of carboxylic acids is 1. The number of primary sulfonamides is 1. The maximum absolute atomic E-state index is 12.1. The van der Waals surface area contributed by atoms with Crippen LogP contribution in [0.3, 0.4) is 0 Å². The Morgan fingerprint density at radius 3 is 2.33 bits per heavy atom. The van der Waals surface area contributed by atoms with Crippen molar-refractivity contribution in [2.45, 2.75) is 35.6 Å². The second kappa shape index (κ2) is 6.52. The highest BCUT2D eigenvalue weighted by molar-refractivity contribution is 7.90. The van der Waals surface area contributed by atoms with Gasteiger partial charge in [0, 0.05) is 0 Å². The lowest BCUT2D eigenvalue weighted by atomic mass is 10.2. The molecule has 118 valence electrons. The van der Waals surface area contributed by atoms with Gasteiger partial charge in [-0.3, -0.25) is 4.79 Å². The van der Waals surface area contributed by atoms with Crippen molar-refractivity contribution in [3.8, 4) is 0 Å². The lowest BCUT2D eigenvalue weighted by molar-refractivity contribution is -0.139. The summed E-state index contributed by atoms with van der Waals surface area (Å²) < 4.78 is 48.6. The average molecular weight is 336 g/mol. The molecule has 0 bridgehead atoms. The molecule has 1 rings (SSSR count). The second-order valence-corrected chi connectivity index (χ2v) is 7.60. The number of carbonyl (C=O) groups is 1. The molecular weight excluding hydrogens is 320 g/mol. The van der Waals surface area contributed by atoms with Crippen molar-refractivity contribution in [1.29, 1.82) is 0 Å². The average Bonchev–Trinajstić information content (AvgIpc) is 2.37. The minimum absolute atomic E-state index is 0.115. The van der Waals surface area contributed by atoms with E-state index in [1.807, 2.05) is 4.72 Å². The topological polar surface area (TPSA) is 144 Å². The summed E-state index contributed by atoms with van der Waals surface area (Å²) in [6.45, 7) is 1.71. The van der Waals surface area contributed by atoms with Gasteiger partial charge < -0.3 is 5.11 Å². The summed E-state index contributed by atoms with van der Waals surface area (Å²) in [5.41, 5.74) is 0. The van der Waals surface area contributed by atoms with Crippen LogP contribution in [0.4, 0.5) is 0 Å². The first-order chi connectivity index (χ1) is 9.58. The zero-order valence-electron chi connectivity index (χ0n) is 11.2. The number of sulfonamides is 2. The molecule has 0 spiro atoms. The molecule has 1 aromatic carbocycles. The highest BCUT2D eigenvalue weighted by Gasteiger charge is 2.25. The first-order valence-electron chi connectivity index (χ1n) is 5.96. The number of aliphatic carboxylic acids is 1. The lowest BCUT2D eigenvalue weighted by Gasteiger charge is -2.14. The first-order valence-corrected chi connectivity index (χ1v) is 8.99.